The minimum atomic E-state index is -0.864. The van der Waals surface area contributed by atoms with Crippen LogP contribution in [0.4, 0.5) is 0 Å². The third-order valence-electron chi connectivity index (χ3n) is 3.48. The number of carbonyl (C=O) groups excluding carboxylic acids is 2. The third kappa shape index (κ3) is 2.97. The zero-order valence-corrected chi connectivity index (χ0v) is 12.6. The molecule has 2 amide bonds. The summed E-state index contributed by atoms with van der Waals surface area (Å²) in [7, 11) is 0. The van der Waals surface area contributed by atoms with Crippen LogP contribution in [0.2, 0.25) is 5.02 Å². The summed E-state index contributed by atoms with van der Waals surface area (Å²) in [5, 5.41) is 10.2. The van der Waals surface area contributed by atoms with Crippen LogP contribution in [-0.4, -0.2) is 28.7 Å². The van der Waals surface area contributed by atoms with Gasteiger partial charge in [-0.1, -0.05) is 35.9 Å². The first-order valence-electron chi connectivity index (χ1n) is 6.78. The van der Waals surface area contributed by atoms with E-state index < -0.39 is 17.9 Å². The average molecular weight is 334 g/mol. The van der Waals surface area contributed by atoms with Crippen LogP contribution in [0.25, 0.3) is 0 Å². The molecule has 2 aromatic rings. The Morgan fingerprint density at radius 3 is 2.09 bits per heavy atom. The molecule has 1 unspecified atom stereocenters. The van der Waals surface area contributed by atoms with E-state index in [2.05, 4.69) is 4.89 Å². The Labute approximate surface area is 136 Å². The average Bonchev–Trinajstić information content (AvgIpc) is 2.82. The van der Waals surface area contributed by atoms with Crippen LogP contribution in [0.1, 0.15) is 32.4 Å². The summed E-state index contributed by atoms with van der Waals surface area (Å²) in [4.78, 5) is 33.9. The van der Waals surface area contributed by atoms with Gasteiger partial charge in [0, 0.05) is 5.02 Å². The first-order chi connectivity index (χ1) is 11.1. The lowest BCUT2D eigenvalue weighted by Crippen LogP contribution is -2.32. The molecule has 7 heteroatoms. The summed E-state index contributed by atoms with van der Waals surface area (Å²) < 4.78 is 0. The molecule has 1 N–H and O–H groups in total. The molecule has 0 fully saturated rings. The van der Waals surface area contributed by atoms with Crippen molar-refractivity contribution in [2.24, 2.45) is 0 Å². The van der Waals surface area contributed by atoms with Gasteiger partial charge in [-0.2, -0.15) is 0 Å². The summed E-state index contributed by atoms with van der Waals surface area (Å²) in [6.07, 6.45) is -0.864. The highest BCUT2D eigenvalue weighted by Crippen LogP contribution is 2.25. The molecular weight excluding hydrogens is 322 g/mol. The van der Waals surface area contributed by atoms with E-state index in [0.717, 1.165) is 0 Å². The van der Waals surface area contributed by atoms with Gasteiger partial charge < -0.3 is 0 Å². The minimum absolute atomic E-state index is 0.219. The lowest BCUT2D eigenvalue weighted by molar-refractivity contribution is -0.299. The van der Waals surface area contributed by atoms with Gasteiger partial charge in [-0.3, -0.25) is 19.7 Å². The van der Waals surface area contributed by atoms with E-state index in [1.807, 2.05) is 0 Å². The molecule has 0 aromatic heterocycles. The van der Waals surface area contributed by atoms with E-state index in [4.69, 9.17) is 21.7 Å². The van der Waals surface area contributed by atoms with Crippen molar-refractivity contribution in [2.75, 3.05) is 6.61 Å². The fourth-order valence-corrected chi connectivity index (χ4v) is 2.42. The maximum atomic E-state index is 12.1. The second-order valence-electron chi connectivity index (χ2n) is 4.89. The lowest BCUT2D eigenvalue weighted by atomic mass is 10.1. The van der Waals surface area contributed by atoms with E-state index in [1.165, 1.54) is 0 Å². The molecule has 0 spiro atoms. The van der Waals surface area contributed by atoms with E-state index in [-0.39, 0.29) is 17.7 Å². The number of nitrogens with zero attached hydrogens (tertiary/aromatic N) is 1. The molecule has 0 radical (unpaired) electrons. The molecule has 0 saturated heterocycles. The van der Waals surface area contributed by atoms with E-state index in [9.17, 15) is 9.59 Å². The number of imide groups is 1. The monoisotopic (exact) mass is 333 g/mol. The number of benzene rings is 2. The first kappa shape index (κ1) is 15.6. The number of amides is 2. The number of hydroxylamine groups is 2. The first-order valence-corrected chi connectivity index (χ1v) is 7.16. The summed E-state index contributed by atoms with van der Waals surface area (Å²) in [6, 6.07) is 13.0. The second kappa shape index (κ2) is 6.47. The number of hydrogen-bond acceptors (Lipinski definition) is 5. The highest BCUT2D eigenvalue weighted by molar-refractivity contribution is 6.30. The maximum absolute atomic E-state index is 12.1. The zero-order valence-electron chi connectivity index (χ0n) is 11.8. The van der Waals surface area contributed by atoms with Crippen molar-refractivity contribution in [3.8, 4) is 0 Å². The summed E-state index contributed by atoms with van der Waals surface area (Å²) in [5.41, 5.74) is 1.16. The molecule has 0 bridgehead atoms. The Bertz CT molecular complexity index is 711. The van der Waals surface area contributed by atoms with Crippen LogP contribution >= 0.6 is 11.6 Å². The van der Waals surface area contributed by atoms with Gasteiger partial charge in [0.15, 0.2) is 0 Å². The molecule has 0 aliphatic carbocycles. The van der Waals surface area contributed by atoms with Crippen molar-refractivity contribution in [2.45, 2.75) is 6.10 Å². The van der Waals surface area contributed by atoms with Crippen molar-refractivity contribution in [3.05, 3.63) is 70.2 Å². The predicted molar refractivity (Wildman–Crippen MR) is 80.8 cm³/mol. The Morgan fingerprint density at radius 1 is 1.00 bits per heavy atom. The fraction of sp³-hybridized carbons (Fsp3) is 0.125. The Balaban J connectivity index is 1.72. The van der Waals surface area contributed by atoms with Gasteiger partial charge in [0.25, 0.3) is 11.8 Å². The van der Waals surface area contributed by atoms with Crippen LogP contribution in [0.15, 0.2) is 48.5 Å². The van der Waals surface area contributed by atoms with E-state index in [1.54, 1.807) is 48.5 Å². The van der Waals surface area contributed by atoms with Crippen molar-refractivity contribution in [1.29, 1.82) is 0 Å². The number of fused-ring (bicyclic) bond motifs is 1. The second-order valence-corrected chi connectivity index (χ2v) is 5.33. The fourth-order valence-electron chi connectivity index (χ4n) is 2.29. The van der Waals surface area contributed by atoms with Crippen molar-refractivity contribution >= 4 is 23.4 Å². The quantitative estimate of drug-likeness (QED) is 0.517. The molecule has 1 heterocycles. The topological polar surface area (TPSA) is 76.1 Å². The SMILES string of the molecule is O=C1c2ccccc2C(=O)N1OCC(OO)c1ccc(Cl)cc1. The highest BCUT2D eigenvalue weighted by Gasteiger charge is 2.37. The van der Waals surface area contributed by atoms with Gasteiger partial charge in [0.2, 0.25) is 0 Å². The van der Waals surface area contributed by atoms with Crippen molar-refractivity contribution in [3.63, 3.8) is 0 Å². The number of halogens is 1. The Hall–Kier alpha value is -2.25. The van der Waals surface area contributed by atoms with Crippen LogP contribution in [0.5, 0.6) is 0 Å². The third-order valence-corrected chi connectivity index (χ3v) is 3.73. The summed E-state index contributed by atoms with van der Waals surface area (Å²) in [6.45, 7) is -0.219. The number of carbonyl (C=O) groups is 2. The van der Waals surface area contributed by atoms with Gasteiger partial charge in [-0.15, -0.1) is 5.06 Å². The van der Waals surface area contributed by atoms with Crippen LogP contribution in [-0.2, 0) is 9.73 Å². The molecule has 118 valence electrons. The molecule has 1 aliphatic heterocycles. The largest absolute Gasteiger partial charge is 0.285 e. The van der Waals surface area contributed by atoms with Gasteiger partial charge in [0.1, 0.15) is 12.7 Å². The lowest BCUT2D eigenvalue weighted by Gasteiger charge is -2.18. The van der Waals surface area contributed by atoms with Crippen LogP contribution < -0.4 is 0 Å². The summed E-state index contributed by atoms with van der Waals surface area (Å²) in [5.74, 6) is -1.09. The van der Waals surface area contributed by atoms with Gasteiger partial charge in [-0.25, -0.2) is 4.89 Å². The molecule has 2 aromatic carbocycles. The minimum Gasteiger partial charge on any atom is -0.266 e. The molecule has 3 rings (SSSR count). The Morgan fingerprint density at radius 2 is 1.57 bits per heavy atom. The zero-order chi connectivity index (χ0) is 16.4. The van der Waals surface area contributed by atoms with Crippen molar-refractivity contribution in [1.82, 2.24) is 5.06 Å². The Kier molecular flexibility index (Phi) is 4.40. The maximum Gasteiger partial charge on any atom is 0.285 e. The van der Waals surface area contributed by atoms with Gasteiger partial charge in [-0.05, 0) is 29.8 Å². The smallest absolute Gasteiger partial charge is 0.266 e. The summed E-state index contributed by atoms with van der Waals surface area (Å²) >= 11 is 5.80. The molecule has 1 aliphatic rings. The molecule has 23 heavy (non-hydrogen) atoms. The molecule has 6 nitrogen and oxygen atoms in total. The van der Waals surface area contributed by atoms with E-state index in [0.29, 0.717) is 15.6 Å². The standard InChI is InChI=1S/C16H12ClNO5/c17-11-7-5-10(6-8-11)14(23-21)9-22-18-15(19)12-3-1-2-4-13(12)16(18)20/h1-8,14,21H,9H2. The van der Waals surface area contributed by atoms with Gasteiger partial charge in [0.05, 0.1) is 11.1 Å². The molecule has 0 saturated carbocycles. The van der Waals surface area contributed by atoms with E-state index >= 15 is 0 Å². The normalized spacial score (nSPS) is 15.0. The number of hydrogen-bond donors (Lipinski definition) is 1. The molecule has 1 atom stereocenters. The van der Waals surface area contributed by atoms with Crippen LogP contribution in [0.3, 0.4) is 0 Å². The van der Waals surface area contributed by atoms with Crippen molar-refractivity contribution < 1.29 is 24.6 Å². The highest BCUT2D eigenvalue weighted by atomic mass is 35.5. The molecular formula is C16H12ClNO5. The van der Waals surface area contributed by atoms with Crippen LogP contribution in [0, 0.1) is 0 Å². The predicted octanol–water partition coefficient (Wildman–Crippen LogP) is 3.10. The van der Waals surface area contributed by atoms with Gasteiger partial charge >= 0.3 is 0 Å². The number of rotatable bonds is 5.